The maximum absolute atomic E-state index is 12.3. The van der Waals surface area contributed by atoms with Gasteiger partial charge >= 0.3 is 0 Å². The number of carbonyl (C=O) groups excluding carboxylic acids is 1. The van der Waals surface area contributed by atoms with E-state index in [1.807, 2.05) is 50.2 Å². The Labute approximate surface area is 127 Å². The van der Waals surface area contributed by atoms with Gasteiger partial charge in [0.1, 0.15) is 5.75 Å². The van der Waals surface area contributed by atoms with E-state index in [1.54, 1.807) is 7.11 Å². The van der Waals surface area contributed by atoms with Crippen molar-refractivity contribution in [1.82, 2.24) is 0 Å². The second-order valence-electron chi connectivity index (χ2n) is 4.64. The van der Waals surface area contributed by atoms with E-state index >= 15 is 0 Å². The van der Waals surface area contributed by atoms with Gasteiger partial charge in [0.25, 0.3) is 5.91 Å². The molecule has 0 unspecified atom stereocenters. The lowest BCUT2D eigenvalue weighted by Gasteiger charge is -2.12. The van der Waals surface area contributed by atoms with Crippen molar-refractivity contribution in [3.8, 4) is 5.75 Å². The summed E-state index contributed by atoms with van der Waals surface area (Å²) in [5, 5.41) is 2.88. The Morgan fingerprint density at radius 2 is 1.75 bits per heavy atom. The van der Waals surface area contributed by atoms with E-state index in [9.17, 15) is 4.79 Å². The van der Waals surface area contributed by atoms with E-state index in [0.29, 0.717) is 17.0 Å². The van der Waals surface area contributed by atoms with Gasteiger partial charge in [0.2, 0.25) is 0 Å². The molecule has 0 bridgehead atoms. The predicted octanol–water partition coefficient (Wildman–Crippen LogP) is 4.33. The zero-order valence-corrected chi connectivity index (χ0v) is 13.2. The van der Waals surface area contributed by atoms with E-state index in [-0.39, 0.29) is 5.91 Å². The third kappa shape index (κ3) is 3.20. The maximum atomic E-state index is 12.3. The molecule has 1 N–H and O–H groups in total. The highest BCUT2D eigenvalue weighted by Gasteiger charge is 2.13. The average molecular weight is 334 g/mol. The maximum Gasteiger partial charge on any atom is 0.256 e. The van der Waals surface area contributed by atoms with Crippen LogP contribution in [0.1, 0.15) is 21.5 Å². The second kappa shape index (κ2) is 6.09. The van der Waals surface area contributed by atoms with Crippen molar-refractivity contribution in [3.63, 3.8) is 0 Å². The van der Waals surface area contributed by atoms with Gasteiger partial charge in [-0.15, -0.1) is 0 Å². The molecule has 4 heteroatoms. The molecule has 0 aliphatic carbocycles. The number of benzene rings is 2. The molecule has 104 valence electrons. The van der Waals surface area contributed by atoms with Crippen LogP contribution in [0, 0.1) is 13.8 Å². The Balaban J connectivity index is 2.30. The van der Waals surface area contributed by atoms with Crippen molar-refractivity contribution in [2.24, 2.45) is 0 Å². The van der Waals surface area contributed by atoms with Gasteiger partial charge in [-0.3, -0.25) is 4.79 Å². The normalized spacial score (nSPS) is 10.2. The van der Waals surface area contributed by atoms with Crippen molar-refractivity contribution >= 4 is 27.5 Å². The molecule has 0 aliphatic rings. The molecule has 0 atom stereocenters. The van der Waals surface area contributed by atoms with Crippen LogP contribution in [0.3, 0.4) is 0 Å². The van der Waals surface area contributed by atoms with Gasteiger partial charge in [0.15, 0.2) is 0 Å². The number of carbonyl (C=O) groups is 1. The van der Waals surface area contributed by atoms with Crippen LogP contribution >= 0.6 is 15.9 Å². The summed E-state index contributed by atoms with van der Waals surface area (Å²) < 4.78 is 6.06. The van der Waals surface area contributed by atoms with Crippen molar-refractivity contribution < 1.29 is 9.53 Å². The first-order valence-corrected chi connectivity index (χ1v) is 7.02. The summed E-state index contributed by atoms with van der Waals surface area (Å²) in [6, 6.07) is 11.3. The predicted molar refractivity (Wildman–Crippen MR) is 84.6 cm³/mol. The molecule has 0 aliphatic heterocycles. The summed E-state index contributed by atoms with van der Waals surface area (Å²) in [6.45, 7) is 3.93. The summed E-state index contributed by atoms with van der Waals surface area (Å²) >= 11 is 3.40. The molecular weight excluding hydrogens is 318 g/mol. The molecule has 1 amide bonds. The van der Waals surface area contributed by atoms with Crippen molar-refractivity contribution in [3.05, 3.63) is 57.6 Å². The molecule has 3 nitrogen and oxygen atoms in total. The highest BCUT2D eigenvalue weighted by Crippen LogP contribution is 2.27. The van der Waals surface area contributed by atoms with Gasteiger partial charge in [0, 0.05) is 4.47 Å². The first-order chi connectivity index (χ1) is 9.51. The first kappa shape index (κ1) is 14.6. The number of hydrogen-bond donors (Lipinski definition) is 1. The second-order valence-corrected chi connectivity index (χ2v) is 5.50. The van der Waals surface area contributed by atoms with Crippen LogP contribution in [0.25, 0.3) is 0 Å². The third-order valence-corrected chi connectivity index (χ3v) is 3.66. The Hall–Kier alpha value is -1.81. The number of ether oxygens (including phenoxy) is 1. The minimum absolute atomic E-state index is 0.164. The van der Waals surface area contributed by atoms with E-state index in [2.05, 4.69) is 21.2 Å². The van der Waals surface area contributed by atoms with E-state index in [1.165, 1.54) is 0 Å². The standard InChI is InChI=1S/C16H16BrNO2/c1-10-4-6-13(17)12(8-10)16(19)18-14-7-5-11(2)9-15(14)20-3/h4-9H,1-3H3,(H,18,19). The van der Waals surface area contributed by atoms with E-state index < -0.39 is 0 Å². The van der Waals surface area contributed by atoms with Crippen LogP contribution < -0.4 is 10.1 Å². The van der Waals surface area contributed by atoms with Crippen LogP contribution in [-0.2, 0) is 0 Å². The number of amides is 1. The average Bonchev–Trinajstić information content (AvgIpc) is 2.43. The molecule has 20 heavy (non-hydrogen) atoms. The zero-order chi connectivity index (χ0) is 14.7. The highest BCUT2D eigenvalue weighted by molar-refractivity contribution is 9.10. The fraction of sp³-hybridized carbons (Fsp3) is 0.188. The molecule has 0 saturated heterocycles. The minimum atomic E-state index is -0.164. The third-order valence-electron chi connectivity index (χ3n) is 2.97. The van der Waals surface area contributed by atoms with Gasteiger partial charge in [-0.2, -0.15) is 0 Å². The summed E-state index contributed by atoms with van der Waals surface area (Å²) in [4.78, 5) is 12.3. The van der Waals surface area contributed by atoms with Crippen molar-refractivity contribution in [1.29, 1.82) is 0 Å². The monoisotopic (exact) mass is 333 g/mol. The number of aryl methyl sites for hydroxylation is 2. The quantitative estimate of drug-likeness (QED) is 0.907. The van der Waals surface area contributed by atoms with Crippen LogP contribution in [0.4, 0.5) is 5.69 Å². The Morgan fingerprint density at radius 1 is 1.10 bits per heavy atom. The molecule has 0 heterocycles. The molecular formula is C16H16BrNO2. The van der Waals surface area contributed by atoms with Gasteiger partial charge in [-0.05, 0) is 59.6 Å². The van der Waals surface area contributed by atoms with Crippen LogP contribution in [-0.4, -0.2) is 13.0 Å². The van der Waals surface area contributed by atoms with Crippen LogP contribution in [0.15, 0.2) is 40.9 Å². The smallest absolute Gasteiger partial charge is 0.256 e. The summed E-state index contributed by atoms with van der Waals surface area (Å²) in [7, 11) is 1.59. The van der Waals surface area contributed by atoms with Crippen molar-refractivity contribution in [2.75, 3.05) is 12.4 Å². The summed E-state index contributed by atoms with van der Waals surface area (Å²) in [6.07, 6.45) is 0. The lowest BCUT2D eigenvalue weighted by molar-refractivity contribution is 0.102. The molecule has 0 fully saturated rings. The topological polar surface area (TPSA) is 38.3 Å². The molecule has 2 aromatic rings. The molecule has 0 spiro atoms. The van der Waals surface area contributed by atoms with Gasteiger partial charge < -0.3 is 10.1 Å². The fourth-order valence-electron chi connectivity index (χ4n) is 1.90. The summed E-state index contributed by atoms with van der Waals surface area (Å²) in [5.41, 5.74) is 3.38. The first-order valence-electron chi connectivity index (χ1n) is 6.23. The number of rotatable bonds is 3. The molecule has 0 aromatic heterocycles. The molecule has 0 saturated carbocycles. The minimum Gasteiger partial charge on any atom is -0.495 e. The molecule has 0 radical (unpaired) electrons. The van der Waals surface area contributed by atoms with Crippen LogP contribution in [0.2, 0.25) is 0 Å². The van der Waals surface area contributed by atoms with Gasteiger partial charge in [-0.25, -0.2) is 0 Å². The van der Waals surface area contributed by atoms with Gasteiger partial charge in [0.05, 0.1) is 18.4 Å². The largest absolute Gasteiger partial charge is 0.495 e. The van der Waals surface area contributed by atoms with Gasteiger partial charge in [-0.1, -0.05) is 17.7 Å². The summed E-state index contributed by atoms with van der Waals surface area (Å²) in [5.74, 6) is 0.491. The Morgan fingerprint density at radius 3 is 2.45 bits per heavy atom. The number of hydrogen-bond acceptors (Lipinski definition) is 2. The number of methoxy groups -OCH3 is 1. The SMILES string of the molecule is COc1cc(C)ccc1NC(=O)c1cc(C)ccc1Br. The number of halogens is 1. The van der Waals surface area contributed by atoms with Crippen LogP contribution in [0.5, 0.6) is 5.75 Å². The Kier molecular flexibility index (Phi) is 4.45. The van der Waals surface area contributed by atoms with E-state index in [0.717, 1.165) is 15.6 Å². The lowest BCUT2D eigenvalue weighted by Crippen LogP contribution is -2.13. The zero-order valence-electron chi connectivity index (χ0n) is 11.7. The number of anilines is 1. The highest BCUT2D eigenvalue weighted by atomic mass is 79.9. The fourth-order valence-corrected chi connectivity index (χ4v) is 2.33. The van der Waals surface area contributed by atoms with E-state index in [4.69, 9.17) is 4.74 Å². The van der Waals surface area contributed by atoms with Crippen molar-refractivity contribution in [2.45, 2.75) is 13.8 Å². The Bertz CT molecular complexity index is 653. The molecule has 2 aromatic carbocycles. The lowest BCUT2D eigenvalue weighted by atomic mass is 10.1. The molecule has 2 rings (SSSR count). The number of nitrogens with one attached hydrogen (secondary N) is 1.